The number of methoxy groups -OCH3 is 1. The summed E-state index contributed by atoms with van der Waals surface area (Å²) in [5, 5.41) is 26.0. The van der Waals surface area contributed by atoms with Gasteiger partial charge in [0.15, 0.2) is 0 Å². The first-order valence-corrected chi connectivity index (χ1v) is 10.0. The molecule has 0 fully saturated rings. The van der Waals surface area contributed by atoms with Crippen molar-refractivity contribution >= 4 is 17.3 Å². The highest BCUT2D eigenvalue weighted by Gasteiger charge is 2.17. The molecular weight excluding hydrogens is 396 g/mol. The van der Waals surface area contributed by atoms with E-state index >= 15 is 0 Å². The van der Waals surface area contributed by atoms with Crippen LogP contribution in [0.5, 0.6) is 5.75 Å². The lowest BCUT2D eigenvalue weighted by Gasteiger charge is -2.20. The van der Waals surface area contributed by atoms with Crippen molar-refractivity contribution in [2.24, 2.45) is 0 Å². The molecule has 1 aliphatic rings. The number of benzene rings is 2. The summed E-state index contributed by atoms with van der Waals surface area (Å²) in [6.45, 7) is 1.88. The molecule has 8 nitrogen and oxygen atoms in total. The second-order valence-corrected chi connectivity index (χ2v) is 7.39. The number of hydrogen-bond donors (Lipinski definition) is 2. The SMILES string of the molecule is COc1cc([N+](=O)[O-])ccc1N/C=C(/C#N)C(=O)NC(C)c1ccc2c(c1)CCCC2. The number of rotatable bonds is 7. The van der Waals surface area contributed by atoms with Crippen molar-refractivity contribution in [2.75, 3.05) is 12.4 Å². The normalized spacial score (nSPS) is 14.0. The summed E-state index contributed by atoms with van der Waals surface area (Å²) in [6, 6.07) is 11.9. The molecule has 2 N–H and O–H groups in total. The fourth-order valence-corrected chi connectivity index (χ4v) is 3.59. The van der Waals surface area contributed by atoms with E-state index in [9.17, 15) is 20.2 Å². The second kappa shape index (κ2) is 9.76. The summed E-state index contributed by atoms with van der Waals surface area (Å²) in [5.74, 6) is -0.285. The van der Waals surface area contributed by atoms with Gasteiger partial charge in [0, 0.05) is 12.3 Å². The first-order chi connectivity index (χ1) is 14.9. The van der Waals surface area contributed by atoms with Crippen LogP contribution in [0.2, 0.25) is 0 Å². The van der Waals surface area contributed by atoms with Crippen LogP contribution in [0.3, 0.4) is 0 Å². The maximum atomic E-state index is 12.6. The molecule has 0 aliphatic heterocycles. The summed E-state index contributed by atoms with van der Waals surface area (Å²) in [4.78, 5) is 23.0. The molecule has 3 rings (SSSR count). The molecule has 1 amide bonds. The third-order valence-electron chi connectivity index (χ3n) is 5.35. The van der Waals surface area contributed by atoms with E-state index in [1.54, 1.807) is 0 Å². The maximum absolute atomic E-state index is 12.6. The van der Waals surface area contributed by atoms with E-state index in [-0.39, 0.29) is 23.1 Å². The summed E-state index contributed by atoms with van der Waals surface area (Å²) in [7, 11) is 1.38. The number of anilines is 1. The molecule has 0 spiro atoms. The topological polar surface area (TPSA) is 117 Å². The van der Waals surface area contributed by atoms with E-state index < -0.39 is 10.8 Å². The highest BCUT2D eigenvalue weighted by atomic mass is 16.6. The second-order valence-electron chi connectivity index (χ2n) is 7.39. The van der Waals surface area contributed by atoms with Gasteiger partial charge in [-0.1, -0.05) is 18.2 Å². The van der Waals surface area contributed by atoms with Gasteiger partial charge in [-0.3, -0.25) is 14.9 Å². The number of nitro groups is 1. The van der Waals surface area contributed by atoms with Gasteiger partial charge in [-0.25, -0.2) is 0 Å². The van der Waals surface area contributed by atoms with Crippen molar-refractivity contribution in [1.29, 1.82) is 5.26 Å². The van der Waals surface area contributed by atoms with Gasteiger partial charge in [-0.05, 0) is 55.4 Å². The predicted octanol–water partition coefficient (Wildman–Crippen LogP) is 4.18. The Morgan fingerprint density at radius 2 is 1.97 bits per heavy atom. The van der Waals surface area contributed by atoms with E-state index in [1.165, 1.54) is 55.5 Å². The molecule has 0 heterocycles. The van der Waals surface area contributed by atoms with E-state index in [4.69, 9.17) is 4.74 Å². The molecule has 1 unspecified atom stereocenters. The molecule has 31 heavy (non-hydrogen) atoms. The molecule has 160 valence electrons. The molecule has 1 atom stereocenters. The Morgan fingerprint density at radius 1 is 1.23 bits per heavy atom. The molecule has 0 saturated heterocycles. The first kappa shape index (κ1) is 21.8. The summed E-state index contributed by atoms with van der Waals surface area (Å²) < 4.78 is 5.15. The summed E-state index contributed by atoms with van der Waals surface area (Å²) >= 11 is 0. The molecule has 0 saturated carbocycles. The highest BCUT2D eigenvalue weighted by molar-refractivity contribution is 5.97. The number of amides is 1. The molecule has 8 heteroatoms. The van der Waals surface area contributed by atoms with Crippen molar-refractivity contribution in [2.45, 2.75) is 38.6 Å². The van der Waals surface area contributed by atoms with Crippen LogP contribution >= 0.6 is 0 Å². The quantitative estimate of drug-likeness (QED) is 0.300. The third kappa shape index (κ3) is 5.20. The Bertz CT molecular complexity index is 1070. The van der Waals surface area contributed by atoms with E-state index in [2.05, 4.69) is 22.8 Å². The highest BCUT2D eigenvalue weighted by Crippen LogP contribution is 2.29. The molecule has 0 aromatic heterocycles. The van der Waals surface area contributed by atoms with Gasteiger partial charge in [0.25, 0.3) is 11.6 Å². The zero-order chi connectivity index (χ0) is 22.4. The van der Waals surface area contributed by atoms with Gasteiger partial charge in [0.05, 0.1) is 29.8 Å². The molecule has 2 aromatic rings. The largest absolute Gasteiger partial charge is 0.494 e. The van der Waals surface area contributed by atoms with Crippen LogP contribution in [0.25, 0.3) is 0 Å². The van der Waals surface area contributed by atoms with Crippen LogP contribution in [-0.4, -0.2) is 17.9 Å². The lowest BCUT2D eigenvalue weighted by molar-refractivity contribution is -0.384. The van der Waals surface area contributed by atoms with Gasteiger partial charge < -0.3 is 15.4 Å². The maximum Gasteiger partial charge on any atom is 0.273 e. The molecule has 1 aliphatic carbocycles. The standard InChI is InChI=1S/C23H24N4O4/c1-15(17-8-7-16-5-3-4-6-18(16)11-17)26-23(28)19(13-24)14-25-21-10-9-20(27(29)30)12-22(21)31-2/h7-12,14-15,25H,3-6H2,1-2H3,(H,26,28)/b19-14-. The number of nitrogens with zero attached hydrogens (tertiary/aromatic N) is 2. The van der Waals surface area contributed by atoms with Gasteiger partial charge in [0.1, 0.15) is 17.4 Å². The monoisotopic (exact) mass is 420 g/mol. The van der Waals surface area contributed by atoms with Crippen molar-refractivity contribution < 1.29 is 14.5 Å². The number of carbonyl (C=O) groups is 1. The summed E-state index contributed by atoms with van der Waals surface area (Å²) in [5.41, 5.74) is 3.85. The van der Waals surface area contributed by atoms with Gasteiger partial charge in [-0.2, -0.15) is 5.26 Å². The first-order valence-electron chi connectivity index (χ1n) is 10.0. The fraction of sp³-hybridized carbons (Fsp3) is 0.304. The average molecular weight is 420 g/mol. The minimum atomic E-state index is -0.529. The van der Waals surface area contributed by atoms with Crippen LogP contribution in [0, 0.1) is 21.4 Å². The Kier molecular flexibility index (Phi) is 6.88. The van der Waals surface area contributed by atoms with E-state index in [1.807, 2.05) is 19.1 Å². The van der Waals surface area contributed by atoms with Crippen molar-refractivity contribution in [3.8, 4) is 11.8 Å². The lowest BCUT2D eigenvalue weighted by Crippen LogP contribution is -2.28. The number of ether oxygens (including phenoxy) is 1. The number of fused-ring (bicyclic) bond motifs is 1. The van der Waals surface area contributed by atoms with Gasteiger partial charge >= 0.3 is 0 Å². The molecule has 0 bridgehead atoms. The fourth-order valence-electron chi connectivity index (χ4n) is 3.59. The Labute approximate surface area is 180 Å². The predicted molar refractivity (Wildman–Crippen MR) is 117 cm³/mol. The minimum Gasteiger partial charge on any atom is -0.494 e. The Balaban J connectivity index is 1.71. The number of non-ortho nitro benzene ring substituents is 1. The van der Waals surface area contributed by atoms with E-state index in [0.717, 1.165) is 18.4 Å². The lowest BCUT2D eigenvalue weighted by atomic mass is 9.89. The zero-order valence-electron chi connectivity index (χ0n) is 17.5. The molecule has 0 radical (unpaired) electrons. The van der Waals surface area contributed by atoms with Crippen LogP contribution in [-0.2, 0) is 17.6 Å². The Morgan fingerprint density at radius 3 is 2.65 bits per heavy atom. The van der Waals surface area contributed by atoms with Crippen LogP contribution in [0.1, 0.15) is 42.5 Å². The van der Waals surface area contributed by atoms with E-state index in [0.29, 0.717) is 5.69 Å². The number of nitro benzene ring substituents is 1. The van der Waals surface area contributed by atoms with Crippen LogP contribution < -0.4 is 15.4 Å². The van der Waals surface area contributed by atoms with Crippen molar-refractivity contribution in [3.05, 3.63) is 75.0 Å². The number of nitriles is 1. The Hall–Kier alpha value is -3.86. The third-order valence-corrected chi connectivity index (χ3v) is 5.35. The molecule has 2 aromatic carbocycles. The molecular formula is C23H24N4O4. The number of carbonyl (C=O) groups excluding carboxylic acids is 1. The number of hydrogen-bond acceptors (Lipinski definition) is 6. The number of aryl methyl sites for hydroxylation is 2. The summed E-state index contributed by atoms with van der Waals surface area (Å²) in [6.07, 6.45) is 5.79. The number of nitrogens with one attached hydrogen (secondary N) is 2. The van der Waals surface area contributed by atoms with Crippen molar-refractivity contribution in [1.82, 2.24) is 5.32 Å². The van der Waals surface area contributed by atoms with Crippen LogP contribution in [0.4, 0.5) is 11.4 Å². The van der Waals surface area contributed by atoms with Gasteiger partial charge in [0.2, 0.25) is 0 Å². The minimum absolute atomic E-state index is 0.120. The van der Waals surface area contributed by atoms with Crippen LogP contribution in [0.15, 0.2) is 48.2 Å². The van der Waals surface area contributed by atoms with Crippen molar-refractivity contribution in [3.63, 3.8) is 0 Å². The van der Waals surface area contributed by atoms with Gasteiger partial charge in [-0.15, -0.1) is 0 Å². The zero-order valence-corrected chi connectivity index (χ0v) is 17.5. The average Bonchev–Trinajstić information content (AvgIpc) is 2.78. The smallest absolute Gasteiger partial charge is 0.273 e.